The molecule has 1 N–H and O–H groups in total. The molecule has 0 saturated carbocycles. The van der Waals surface area contributed by atoms with E-state index in [4.69, 9.17) is 9.84 Å². The average Bonchev–Trinajstić information content (AvgIpc) is 2.46. The zero-order chi connectivity index (χ0) is 13.7. The van der Waals surface area contributed by atoms with E-state index < -0.39 is 0 Å². The Bertz CT molecular complexity index is 411. The Morgan fingerprint density at radius 2 is 2.21 bits per heavy atom. The van der Waals surface area contributed by atoms with Crippen molar-refractivity contribution in [3.05, 3.63) is 23.9 Å². The van der Waals surface area contributed by atoms with Gasteiger partial charge in [0.25, 0.3) is 0 Å². The van der Waals surface area contributed by atoms with Crippen molar-refractivity contribution in [2.24, 2.45) is 0 Å². The van der Waals surface area contributed by atoms with Gasteiger partial charge in [-0.15, -0.1) is 0 Å². The first-order valence-corrected chi connectivity index (χ1v) is 6.65. The maximum atomic E-state index is 11.2. The Hall–Kier alpha value is -1.46. The highest BCUT2D eigenvalue weighted by Gasteiger charge is 2.20. The molecule has 1 aliphatic rings. The fourth-order valence-corrected chi connectivity index (χ4v) is 2.25. The second kappa shape index (κ2) is 6.63. The number of hydrogen-bond donors (Lipinski definition) is 1. The Morgan fingerprint density at radius 3 is 2.74 bits per heavy atom. The predicted molar refractivity (Wildman–Crippen MR) is 72.5 cm³/mol. The second-order valence-corrected chi connectivity index (χ2v) is 4.74. The third-order valence-corrected chi connectivity index (χ3v) is 3.37. The Labute approximate surface area is 113 Å². The summed E-state index contributed by atoms with van der Waals surface area (Å²) in [5.41, 5.74) is 0.643. The summed E-state index contributed by atoms with van der Waals surface area (Å²) in [6.45, 7) is 3.82. The van der Waals surface area contributed by atoms with Gasteiger partial charge in [0.1, 0.15) is 5.82 Å². The molecular weight excluding hydrogens is 244 g/mol. The molecule has 104 valence electrons. The van der Waals surface area contributed by atoms with Crippen LogP contribution in [-0.4, -0.2) is 48.3 Å². The SMILES string of the molecule is CC(=O)c1ccc(N2CCC(OCCO)CC2)nc1. The summed E-state index contributed by atoms with van der Waals surface area (Å²) in [4.78, 5) is 17.7. The highest BCUT2D eigenvalue weighted by atomic mass is 16.5. The number of ether oxygens (including phenoxy) is 1. The lowest BCUT2D eigenvalue weighted by molar-refractivity contribution is 0.0158. The Morgan fingerprint density at radius 1 is 1.47 bits per heavy atom. The monoisotopic (exact) mass is 264 g/mol. The van der Waals surface area contributed by atoms with Crippen molar-refractivity contribution in [1.29, 1.82) is 0 Å². The zero-order valence-corrected chi connectivity index (χ0v) is 11.2. The quantitative estimate of drug-likeness (QED) is 0.811. The first kappa shape index (κ1) is 14.0. The van der Waals surface area contributed by atoms with E-state index in [-0.39, 0.29) is 18.5 Å². The highest BCUT2D eigenvalue weighted by Crippen LogP contribution is 2.19. The molecule has 0 aliphatic carbocycles. The van der Waals surface area contributed by atoms with Gasteiger partial charge >= 0.3 is 0 Å². The van der Waals surface area contributed by atoms with Crippen LogP contribution in [0.4, 0.5) is 5.82 Å². The number of rotatable bonds is 5. The lowest BCUT2D eigenvalue weighted by Gasteiger charge is -2.32. The van der Waals surface area contributed by atoms with Crippen LogP contribution in [0, 0.1) is 0 Å². The van der Waals surface area contributed by atoms with Gasteiger partial charge in [0.2, 0.25) is 0 Å². The zero-order valence-electron chi connectivity index (χ0n) is 11.2. The fourth-order valence-electron chi connectivity index (χ4n) is 2.25. The molecule has 0 aromatic carbocycles. The van der Waals surface area contributed by atoms with Crippen LogP contribution in [0.2, 0.25) is 0 Å². The average molecular weight is 264 g/mol. The Kier molecular flexibility index (Phi) is 4.87. The number of pyridine rings is 1. The summed E-state index contributed by atoms with van der Waals surface area (Å²) < 4.78 is 5.53. The van der Waals surface area contributed by atoms with Crippen molar-refractivity contribution >= 4 is 11.6 Å². The smallest absolute Gasteiger partial charge is 0.161 e. The summed E-state index contributed by atoms with van der Waals surface area (Å²) in [6, 6.07) is 3.71. The van der Waals surface area contributed by atoms with E-state index >= 15 is 0 Å². The third-order valence-electron chi connectivity index (χ3n) is 3.37. The molecule has 5 heteroatoms. The number of piperidine rings is 1. The molecule has 1 aromatic rings. The standard InChI is InChI=1S/C14H20N2O3/c1-11(18)12-2-3-14(15-10-12)16-6-4-13(5-7-16)19-9-8-17/h2-3,10,13,17H,4-9H2,1H3. The van der Waals surface area contributed by atoms with E-state index in [1.54, 1.807) is 13.1 Å². The number of anilines is 1. The molecule has 1 aromatic heterocycles. The fraction of sp³-hybridized carbons (Fsp3) is 0.571. The van der Waals surface area contributed by atoms with Crippen molar-refractivity contribution in [2.45, 2.75) is 25.9 Å². The second-order valence-electron chi connectivity index (χ2n) is 4.74. The lowest BCUT2D eigenvalue weighted by Crippen LogP contribution is -2.37. The van der Waals surface area contributed by atoms with Gasteiger partial charge in [0.05, 0.1) is 19.3 Å². The minimum atomic E-state index is 0.0372. The number of carbonyl (C=O) groups is 1. The number of aliphatic hydroxyl groups excluding tert-OH is 1. The van der Waals surface area contributed by atoms with Gasteiger partial charge in [0.15, 0.2) is 5.78 Å². The highest BCUT2D eigenvalue weighted by molar-refractivity contribution is 5.93. The molecule has 0 bridgehead atoms. The van der Waals surface area contributed by atoms with Gasteiger partial charge < -0.3 is 14.7 Å². The number of ketones is 1. The van der Waals surface area contributed by atoms with Crippen molar-refractivity contribution in [2.75, 3.05) is 31.2 Å². The van der Waals surface area contributed by atoms with E-state index in [2.05, 4.69) is 9.88 Å². The molecule has 1 fully saturated rings. The minimum Gasteiger partial charge on any atom is -0.394 e. The van der Waals surface area contributed by atoms with Crippen LogP contribution in [0.1, 0.15) is 30.1 Å². The van der Waals surface area contributed by atoms with Gasteiger partial charge in [-0.25, -0.2) is 4.98 Å². The van der Waals surface area contributed by atoms with Crippen molar-refractivity contribution in [1.82, 2.24) is 4.98 Å². The molecule has 5 nitrogen and oxygen atoms in total. The molecule has 0 amide bonds. The largest absolute Gasteiger partial charge is 0.394 e. The van der Waals surface area contributed by atoms with Gasteiger partial charge in [-0.05, 0) is 31.9 Å². The van der Waals surface area contributed by atoms with Crippen LogP contribution in [0.15, 0.2) is 18.3 Å². The number of hydrogen-bond acceptors (Lipinski definition) is 5. The number of aliphatic hydroxyl groups is 1. The molecule has 0 spiro atoms. The van der Waals surface area contributed by atoms with Gasteiger partial charge in [-0.2, -0.15) is 0 Å². The van der Waals surface area contributed by atoms with Crippen LogP contribution in [0.25, 0.3) is 0 Å². The minimum absolute atomic E-state index is 0.0372. The summed E-state index contributed by atoms with van der Waals surface area (Å²) >= 11 is 0. The molecule has 0 atom stereocenters. The molecular formula is C14H20N2O3. The van der Waals surface area contributed by atoms with Crippen LogP contribution in [0.5, 0.6) is 0 Å². The van der Waals surface area contributed by atoms with Crippen LogP contribution in [-0.2, 0) is 4.74 Å². The Balaban J connectivity index is 1.88. The van der Waals surface area contributed by atoms with Crippen molar-refractivity contribution < 1.29 is 14.6 Å². The number of carbonyl (C=O) groups excluding carboxylic acids is 1. The van der Waals surface area contributed by atoms with E-state index in [0.29, 0.717) is 12.2 Å². The van der Waals surface area contributed by atoms with E-state index in [9.17, 15) is 4.79 Å². The maximum Gasteiger partial charge on any atom is 0.161 e. The maximum absolute atomic E-state index is 11.2. The van der Waals surface area contributed by atoms with Crippen LogP contribution in [0.3, 0.4) is 0 Å². The van der Waals surface area contributed by atoms with Gasteiger partial charge in [0, 0.05) is 24.8 Å². The lowest BCUT2D eigenvalue weighted by atomic mass is 10.1. The van der Waals surface area contributed by atoms with Gasteiger partial charge in [-0.3, -0.25) is 4.79 Å². The molecule has 0 radical (unpaired) electrons. The summed E-state index contributed by atoms with van der Waals surface area (Å²) in [6.07, 6.45) is 3.75. The number of nitrogens with zero attached hydrogens (tertiary/aromatic N) is 2. The molecule has 1 saturated heterocycles. The van der Waals surface area contributed by atoms with Crippen molar-refractivity contribution in [3.8, 4) is 0 Å². The topological polar surface area (TPSA) is 62.7 Å². The molecule has 2 heterocycles. The molecule has 2 rings (SSSR count). The van der Waals surface area contributed by atoms with E-state index in [1.807, 2.05) is 12.1 Å². The van der Waals surface area contributed by atoms with Crippen molar-refractivity contribution in [3.63, 3.8) is 0 Å². The van der Waals surface area contributed by atoms with E-state index in [1.165, 1.54) is 0 Å². The molecule has 0 unspecified atom stereocenters. The summed E-state index contributed by atoms with van der Waals surface area (Å²) in [5, 5.41) is 8.72. The first-order valence-electron chi connectivity index (χ1n) is 6.65. The summed E-state index contributed by atoms with van der Waals surface area (Å²) in [7, 11) is 0. The first-order chi connectivity index (χ1) is 9.20. The van der Waals surface area contributed by atoms with Crippen LogP contribution < -0.4 is 4.90 Å². The molecule has 1 aliphatic heterocycles. The van der Waals surface area contributed by atoms with Crippen LogP contribution >= 0.6 is 0 Å². The molecule has 19 heavy (non-hydrogen) atoms. The van der Waals surface area contributed by atoms with Gasteiger partial charge in [-0.1, -0.05) is 0 Å². The predicted octanol–water partition coefficient (Wildman–Crippen LogP) is 1.26. The normalized spacial score (nSPS) is 16.6. The summed E-state index contributed by atoms with van der Waals surface area (Å²) in [5.74, 6) is 0.945. The number of Topliss-reactive ketones (excluding diaryl/α,β-unsaturated/α-hetero) is 1. The number of aromatic nitrogens is 1. The van der Waals surface area contributed by atoms with E-state index in [0.717, 1.165) is 31.7 Å². The third kappa shape index (κ3) is 3.75.